The van der Waals surface area contributed by atoms with Crippen LogP contribution in [0, 0.1) is 0 Å². The molecule has 0 spiro atoms. The molecule has 0 radical (unpaired) electrons. The molecule has 0 bridgehead atoms. The summed E-state index contributed by atoms with van der Waals surface area (Å²) in [5.74, 6) is 1.37. The molecule has 19 heavy (non-hydrogen) atoms. The van der Waals surface area contributed by atoms with Crippen LogP contribution < -0.4 is 4.90 Å². The number of hydrogen-bond acceptors (Lipinski definition) is 4. The maximum Gasteiger partial charge on any atom is 0.250 e. The van der Waals surface area contributed by atoms with Crippen LogP contribution in [0.5, 0.6) is 0 Å². The van der Waals surface area contributed by atoms with Gasteiger partial charge in [-0.25, -0.2) is 0 Å². The van der Waals surface area contributed by atoms with Crippen molar-refractivity contribution < 1.29 is 0 Å². The van der Waals surface area contributed by atoms with Gasteiger partial charge in [-0.1, -0.05) is 23.3 Å². The number of benzene rings is 1. The Kier molecular flexibility index (Phi) is 3.64. The monoisotopic (exact) mass is 277 g/mol. The first-order valence-corrected chi connectivity index (χ1v) is 7.10. The predicted octanol–water partition coefficient (Wildman–Crippen LogP) is 2.26. The summed E-state index contributed by atoms with van der Waals surface area (Å²) in [6.07, 6.45) is 3.66. The van der Waals surface area contributed by atoms with E-state index < -0.39 is 0 Å². The molecule has 100 valence electrons. The van der Waals surface area contributed by atoms with Gasteiger partial charge in [0, 0.05) is 18.5 Å². The van der Waals surface area contributed by atoms with Crippen LogP contribution in [0.25, 0.3) is 5.69 Å². The molecule has 3 rings (SSSR count). The Morgan fingerprint density at radius 3 is 2.68 bits per heavy atom. The molecule has 0 unspecified atom stereocenters. The molecule has 0 N–H and O–H groups in total. The van der Waals surface area contributed by atoms with Gasteiger partial charge >= 0.3 is 0 Å². The minimum Gasteiger partial charge on any atom is -0.335 e. The topological polar surface area (TPSA) is 46.8 Å². The lowest BCUT2D eigenvalue weighted by molar-refractivity contribution is 0.384. The van der Waals surface area contributed by atoms with Gasteiger partial charge in [0.05, 0.1) is 5.69 Å². The van der Waals surface area contributed by atoms with Crippen molar-refractivity contribution >= 4 is 17.5 Å². The minimum absolute atomic E-state index is 0.521. The van der Waals surface area contributed by atoms with Crippen molar-refractivity contribution in [2.75, 3.05) is 17.3 Å². The highest BCUT2D eigenvalue weighted by Gasteiger charge is 2.28. The van der Waals surface area contributed by atoms with Crippen molar-refractivity contribution in [3.8, 4) is 5.69 Å². The van der Waals surface area contributed by atoms with Gasteiger partial charge in [0.25, 0.3) is 5.95 Å². The van der Waals surface area contributed by atoms with Gasteiger partial charge in [0.1, 0.15) is 0 Å². The fourth-order valence-electron chi connectivity index (χ4n) is 2.33. The molecule has 1 fully saturated rings. The second kappa shape index (κ2) is 5.57. The first-order valence-electron chi connectivity index (χ1n) is 6.56. The van der Waals surface area contributed by atoms with E-state index in [9.17, 15) is 0 Å². The predicted molar refractivity (Wildman–Crippen MR) is 74.9 cm³/mol. The second-order valence-corrected chi connectivity index (χ2v) is 5.07. The molecule has 1 aliphatic carbocycles. The van der Waals surface area contributed by atoms with Crippen molar-refractivity contribution in [2.24, 2.45) is 0 Å². The first kappa shape index (κ1) is 12.4. The average Bonchev–Trinajstić information content (AvgIpc) is 2.86. The average molecular weight is 278 g/mol. The van der Waals surface area contributed by atoms with E-state index in [-0.39, 0.29) is 0 Å². The van der Waals surface area contributed by atoms with Crippen molar-refractivity contribution in [3.05, 3.63) is 30.3 Å². The summed E-state index contributed by atoms with van der Waals surface area (Å²) in [4.78, 5) is 2.23. The maximum absolute atomic E-state index is 5.92. The highest BCUT2D eigenvalue weighted by Crippen LogP contribution is 2.28. The third-order valence-corrected chi connectivity index (χ3v) is 3.72. The van der Waals surface area contributed by atoms with Crippen LogP contribution in [0.15, 0.2) is 30.3 Å². The number of tetrazole rings is 1. The number of rotatable bonds is 5. The zero-order valence-corrected chi connectivity index (χ0v) is 11.4. The van der Waals surface area contributed by atoms with Crippen molar-refractivity contribution in [1.29, 1.82) is 0 Å². The van der Waals surface area contributed by atoms with E-state index in [1.54, 1.807) is 4.68 Å². The molecule has 1 aromatic heterocycles. The van der Waals surface area contributed by atoms with Crippen LogP contribution >= 0.6 is 11.6 Å². The molecule has 2 aromatic rings. The molecular weight excluding hydrogens is 262 g/mol. The molecule has 0 saturated heterocycles. The summed E-state index contributed by atoms with van der Waals surface area (Å²) in [5.41, 5.74) is 0.974. The van der Waals surface area contributed by atoms with Gasteiger partial charge in [-0.05, 0) is 41.8 Å². The summed E-state index contributed by atoms with van der Waals surface area (Å²) in [7, 11) is 0. The molecule has 6 heteroatoms. The van der Waals surface area contributed by atoms with Gasteiger partial charge in [-0.15, -0.1) is 11.6 Å². The number of nitrogens with zero attached hydrogens (tertiary/aromatic N) is 5. The fourth-order valence-corrected chi connectivity index (χ4v) is 2.52. The van der Waals surface area contributed by atoms with Crippen LogP contribution in [0.2, 0.25) is 0 Å². The molecular formula is C13H16ClN5. The van der Waals surface area contributed by atoms with Gasteiger partial charge in [-0.3, -0.25) is 0 Å². The zero-order valence-electron chi connectivity index (χ0n) is 10.6. The quantitative estimate of drug-likeness (QED) is 0.787. The van der Waals surface area contributed by atoms with Gasteiger partial charge in [0.2, 0.25) is 0 Å². The molecule has 0 amide bonds. The Morgan fingerprint density at radius 1 is 1.26 bits per heavy atom. The minimum atomic E-state index is 0.521. The Morgan fingerprint density at radius 2 is 2.05 bits per heavy atom. The lowest BCUT2D eigenvalue weighted by Crippen LogP contribution is -2.43. The molecule has 1 aromatic carbocycles. The number of hydrogen-bond donors (Lipinski definition) is 0. The first-order chi connectivity index (χ1) is 9.40. The lowest BCUT2D eigenvalue weighted by Gasteiger charge is -2.37. The van der Waals surface area contributed by atoms with Crippen LogP contribution in [0.4, 0.5) is 5.95 Å². The third kappa shape index (κ3) is 2.42. The summed E-state index contributed by atoms with van der Waals surface area (Å²) in [5, 5.41) is 12.1. The number of para-hydroxylation sites is 1. The Balaban J connectivity index is 1.93. The summed E-state index contributed by atoms with van der Waals surface area (Å²) >= 11 is 5.92. The van der Waals surface area contributed by atoms with E-state index in [1.807, 2.05) is 30.3 Å². The van der Waals surface area contributed by atoms with E-state index in [2.05, 4.69) is 20.4 Å². The number of anilines is 1. The largest absolute Gasteiger partial charge is 0.335 e. The van der Waals surface area contributed by atoms with Crippen LogP contribution in [0.1, 0.15) is 19.3 Å². The van der Waals surface area contributed by atoms with Crippen LogP contribution in [-0.2, 0) is 0 Å². The molecule has 5 nitrogen and oxygen atoms in total. The maximum atomic E-state index is 5.92. The molecule has 1 heterocycles. The normalized spacial score (nSPS) is 15.2. The fraction of sp³-hybridized carbons (Fsp3) is 0.462. The van der Waals surface area contributed by atoms with E-state index in [0.717, 1.165) is 18.2 Å². The van der Waals surface area contributed by atoms with Gasteiger partial charge in [-0.2, -0.15) is 4.68 Å². The standard InChI is InChI=1S/C13H16ClN5/c14-9-10-18(11-7-4-8-11)13-15-16-17-19(13)12-5-2-1-3-6-12/h1-3,5-6,11H,4,7-10H2. The molecule has 0 aliphatic heterocycles. The third-order valence-electron chi connectivity index (χ3n) is 3.55. The highest BCUT2D eigenvalue weighted by molar-refractivity contribution is 6.18. The molecule has 1 saturated carbocycles. The number of aromatic nitrogens is 4. The zero-order chi connectivity index (χ0) is 13.1. The summed E-state index contributed by atoms with van der Waals surface area (Å²) in [6.45, 7) is 0.777. The second-order valence-electron chi connectivity index (χ2n) is 4.69. The smallest absolute Gasteiger partial charge is 0.250 e. The molecule has 1 aliphatic rings. The van der Waals surface area contributed by atoms with E-state index in [4.69, 9.17) is 11.6 Å². The van der Waals surface area contributed by atoms with E-state index in [1.165, 1.54) is 19.3 Å². The van der Waals surface area contributed by atoms with E-state index >= 15 is 0 Å². The number of halogens is 1. The van der Waals surface area contributed by atoms with Crippen molar-refractivity contribution in [3.63, 3.8) is 0 Å². The van der Waals surface area contributed by atoms with Crippen LogP contribution in [0.3, 0.4) is 0 Å². The Bertz CT molecular complexity index is 523. The Hall–Kier alpha value is -1.62. The van der Waals surface area contributed by atoms with Crippen molar-refractivity contribution in [2.45, 2.75) is 25.3 Å². The Labute approximate surface area is 117 Å². The van der Waals surface area contributed by atoms with Gasteiger partial charge < -0.3 is 4.90 Å². The summed E-state index contributed by atoms with van der Waals surface area (Å²) < 4.78 is 1.78. The van der Waals surface area contributed by atoms with Crippen LogP contribution in [-0.4, -0.2) is 38.7 Å². The molecule has 0 atom stereocenters. The number of alkyl halides is 1. The van der Waals surface area contributed by atoms with Crippen molar-refractivity contribution in [1.82, 2.24) is 20.2 Å². The lowest BCUT2D eigenvalue weighted by atomic mass is 9.92. The summed E-state index contributed by atoms with van der Waals surface area (Å²) in [6, 6.07) is 10.5. The SMILES string of the molecule is ClCCN(c1nnnn1-c1ccccc1)C1CCC1. The van der Waals surface area contributed by atoms with E-state index in [0.29, 0.717) is 11.9 Å². The van der Waals surface area contributed by atoms with Gasteiger partial charge in [0.15, 0.2) is 0 Å². The highest BCUT2D eigenvalue weighted by atomic mass is 35.5.